The minimum Gasteiger partial charge on any atom is -0.493 e. The molecule has 1 aliphatic rings. The molecule has 0 amide bonds. The first kappa shape index (κ1) is 15.4. The Balaban J connectivity index is 1.89. The average Bonchev–Trinajstić information content (AvgIpc) is 2.94. The Morgan fingerprint density at radius 3 is 2.57 bits per heavy atom. The number of alkyl halides is 1. The number of fused-ring (bicyclic) bond motifs is 1. The maximum Gasteiger partial charge on any atom is 0.125 e. The molecular formula is C17H15Br2ClO. The first-order chi connectivity index (χ1) is 10.2. The number of hydrogen-bond donors (Lipinski definition) is 0. The Morgan fingerprint density at radius 1 is 1.10 bits per heavy atom. The van der Waals surface area contributed by atoms with Gasteiger partial charge in [0, 0.05) is 27.2 Å². The summed E-state index contributed by atoms with van der Waals surface area (Å²) in [6.07, 6.45) is 1.89. The quantitative estimate of drug-likeness (QED) is 0.565. The molecule has 0 radical (unpaired) electrons. The molecule has 2 aromatic rings. The van der Waals surface area contributed by atoms with Crippen LogP contribution in [0.3, 0.4) is 0 Å². The van der Waals surface area contributed by atoms with Gasteiger partial charge < -0.3 is 4.74 Å². The van der Waals surface area contributed by atoms with Crippen LogP contribution < -0.4 is 4.74 Å². The Labute approximate surface area is 146 Å². The molecule has 1 unspecified atom stereocenters. The van der Waals surface area contributed by atoms with Crippen LogP contribution in [0, 0.1) is 0 Å². The van der Waals surface area contributed by atoms with Crippen LogP contribution in [0.15, 0.2) is 45.3 Å². The second kappa shape index (κ2) is 6.72. The SMILES string of the molecule is ClCC(Cc1cc(Br)cc2c1OCC2)c1ccc(Br)cc1. The molecule has 1 atom stereocenters. The smallest absolute Gasteiger partial charge is 0.125 e. The molecule has 21 heavy (non-hydrogen) atoms. The van der Waals surface area contributed by atoms with Crippen LogP contribution in [0.2, 0.25) is 0 Å². The predicted molar refractivity (Wildman–Crippen MR) is 94.6 cm³/mol. The van der Waals surface area contributed by atoms with Crippen molar-refractivity contribution in [2.45, 2.75) is 18.8 Å². The van der Waals surface area contributed by atoms with Crippen molar-refractivity contribution in [1.29, 1.82) is 0 Å². The lowest BCUT2D eigenvalue weighted by Gasteiger charge is -2.17. The van der Waals surface area contributed by atoms with Gasteiger partial charge in [-0.1, -0.05) is 44.0 Å². The highest BCUT2D eigenvalue weighted by atomic mass is 79.9. The van der Waals surface area contributed by atoms with Crippen molar-refractivity contribution < 1.29 is 4.74 Å². The zero-order chi connectivity index (χ0) is 14.8. The number of benzene rings is 2. The summed E-state index contributed by atoms with van der Waals surface area (Å²) in [6, 6.07) is 12.7. The van der Waals surface area contributed by atoms with Crippen molar-refractivity contribution in [2.24, 2.45) is 0 Å². The summed E-state index contributed by atoms with van der Waals surface area (Å²) in [5.74, 6) is 1.95. The molecule has 0 fully saturated rings. The lowest BCUT2D eigenvalue weighted by Crippen LogP contribution is -2.06. The van der Waals surface area contributed by atoms with E-state index in [-0.39, 0.29) is 0 Å². The molecule has 110 valence electrons. The van der Waals surface area contributed by atoms with Crippen molar-refractivity contribution in [2.75, 3.05) is 12.5 Å². The fraction of sp³-hybridized carbons (Fsp3) is 0.294. The molecule has 0 bridgehead atoms. The summed E-state index contributed by atoms with van der Waals surface area (Å²) in [7, 11) is 0. The van der Waals surface area contributed by atoms with Crippen LogP contribution in [0.25, 0.3) is 0 Å². The van der Waals surface area contributed by atoms with Crippen LogP contribution >= 0.6 is 43.5 Å². The molecule has 0 aromatic heterocycles. The van der Waals surface area contributed by atoms with E-state index in [1.807, 2.05) is 0 Å². The van der Waals surface area contributed by atoms with E-state index < -0.39 is 0 Å². The normalized spacial score (nSPS) is 14.6. The summed E-state index contributed by atoms with van der Waals surface area (Å²) in [6.45, 7) is 0.780. The van der Waals surface area contributed by atoms with Crippen LogP contribution in [-0.2, 0) is 12.8 Å². The van der Waals surface area contributed by atoms with Gasteiger partial charge in [0.25, 0.3) is 0 Å². The van der Waals surface area contributed by atoms with Crippen LogP contribution in [-0.4, -0.2) is 12.5 Å². The third-order valence-corrected chi connectivity index (χ3v) is 5.18. The summed E-state index contributed by atoms with van der Waals surface area (Å²) in [5.41, 5.74) is 3.80. The molecule has 0 saturated carbocycles. The molecule has 4 heteroatoms. The van der Waals surface area contributed by atoms with E-state index in [1.165, 1.54) is 16.7 Å². The lowest BCUT2D eigenvalue weighted by molar-refractivity contribution is 0.353. The standard InChI is InChI=1S/C17H15Br2ClO/c18-15-3-1-11(2-4-15)14(10-20)7-13-9-16(19)8-12-5-6-21-17(12)13/h1-4,8-9,14H,5-7,10H2. The number of hydrogen-bond acceptors (Lipinski definition) is 1. The van der Waals surface area contributed by atoms with Gasteiger partial charge in [0.15, 0.2) is 0 Å². The summed E-state index contributed by atoms with van der Waals surface area (Å²) < 4.78 is 8.02. The summed E-state index contributed by atoms with van der Waals surface area (Å²) in [5, 5.41) is 0. The highest BCUT2D eigenvalue weighted by Crippen LogP contribution is 2.36. The van der Waals surface area contributed by atoms with Gasteiger partial charge in [-0.25, -0.2) is 0 Å². The topological polar surface area (TPSA) is 9.23 Å². The molecule has 0 spiro atoms. The van der Waals surface area contributed by atoms with E-state index in [0.717, 1.165) is 34.1 Å². The van der Waals surface area contributed by atoms with E-state index in [1.54, 1.807) is 0 Å². The molecule has 0 N–H and O–H groups in total. The third kappa shape index (κ3) is 3.46. The molecule has 1 nitrogen and oxygen atoms in total. The highest BCUT2D eigenvalue weighted by Gasteiger charge is 2.20. The van der Waals surface area contributed by atoms with Crippen molar-refractivity contribution >= 4 is 43.5 Å². The number of rotatable bonds is 4. The van der Waals surface area contributed by atoms with E-state index >= 15 is 0 Å². The molecule has 1 aliphatic heterocycles. The van der Waals surface area contributed by atoms with Crippen LogP contribution in [0.1, 0.15) is 22.6 Å². The molecule has 0 aliphatic carbocycles. The van der Waals surface area contributed by atoms with Crippen molar-refractivity contribution in [1.82, 2.24) is 0 Å². The fourth-order valence-electron chi connectivity index (χ4n) is 2.76. The van der Waals surface area contributed by atoms with Gasteiger partial charge >= 0.3 is 0 Å². The highest BCUT2D eigenvalue weighted by molar-refractivity contribution is 9.10. The predicted octanol–water partition coefficient (Wildman–Crippen LogP) is 5.71. The van der Waals surface area contributed by atoms with E-state index in [0.29, 0.717) is 11.8 Å². The van der Waals surface area contributed by atoms with Crippen molar-refractivity contribution in [3.63, 3.8) is 0 Å². The Morgan fingerprint density at radius 2 is 1.86 bits per heavy atom. The van der Waals surface area contributed by atoms with Crippen LogP contribution in [0.4, 0.5) is 0 Å². The maximum atomic E-state index is 6.22. The van der Waals surface area contributed by atoms with Gasteiger partial charge in [-0.05, 0) is 47.4 Å². The monoisotopic (exact) mass is 428 g/mol. The van der Waals surface area contributed by atoms with Gasteiger partial charge in [0.05, 0.1) is 6.61 Å². The van der Waals surface area contributed by atoms with Crippen molar-refractivity contribution in [3.8, 4) is 5.75 Å². The molecule has 2 aromatic carbocycles. The zero-order valence-electron chi connectivity index (χ0n) is 11.4. The van der Waals surface area contributed by atoms with Gasteiger partial charge in [-0.3, -0.25) is 0 Å². The summed E-state index contributed by atoms with van der Waals surface area (Å²) >= 11 is 13.3. The minimum absolute atomic E-state index is 0.294. The Kier molecular flexibility index (Phi) is 4.92. The average molecular weight is 431 g/mol. The molecule has 1 heterocycles. The van der Waals surface area contributed by atoms with Crippen LogP contribution in [0.5, 0.6) is 5.75 Å². The Bertz CT molecular complexity index is 640. The van der Waals surface area contributed by atoms with Gasteiger partial charge in [-0.2, -0.15) is 0 Å². The molecular weight excluding hydrogens is 415 g/mol. The third-order valence-electron chi connectivity index (χ3n) is 3.82. The number of ether oxygens (including phenoxy) is 1. The second-order valence-electron chi connectivity index (χ2n) is 5.26. The first-order valence-electron chi connectivity index (χ1n) is 6.93. The van der Waals surface area contributed by atoms with Crippen molar-refractivity contribution in [3.05, 3.63) is 62.0 Å². The largest absolute Gasteiger partial charge is 0.493 e. The zero-order valence-corrected chi connectivity index (χ0v) is 15.3. The van der Waals surface area contributed by atoms with Gasteiger partial charge in [-0.15, -0.1) is 11.6 Å². The van der Waals surface area contributed by atoms with Gasteiger partial charge in [0.1, 0.15) is 5.75 Å². The molecule has 0 saturated heterocycles. The van der Waals surface area contributed by atoms with E-state index in [9.17, 15) is 0 Å². The van der Waals surface area contributed by atoms with E-state index in [2.05, 4.69) is 68.3 Å². The minimum atomic E-state index is 0.294. The Hall–Kier alpha value is -0.510. The first-order valence-corrected chi connectivity index (χ1v) is 9.05. The molecule has 3 rings (SSSR count). The number of halogens is 3. The second-order valence-corrected chi connectivity index (χ2v) is 7.40. The maximum absolute atomic E-state index is 6.22. The van der Waals surface area contributed by atoms with E-state index in [4.69, 9.17) is 16.3 Å². The summed E-state index contributed by atoms with van der Waals surface area (Å²) in [4.78, 5) is 0. The fourth-order valence-corrected chi connectivity index (χ4v) is 3.86. The lowest BCUT2D eigenvalue weighted by atomic mass is 9.92. The van der Waals surface area contributed by atoms with Gasteiger partial charge in [0.2, 0.25) is 0 Å².